The van der Waals surface area contributed by atoms with Crippen molar-refractivity contribution < 1.29 is 29.3 Å². The summed E-state index contributed by atoms with van der Waals surface area (Å²) < 4.78 is 7.27. The van der Waals surface area contributed by atoms with Crippen LogP contribution in [0.1, 0.15) is 48.1 Å². The number of hydrogen-bond donors (Lipinski definition) is 3. The van der Waals surface area contributed by atoms with E-state index < -0.39 is 28.5 Å². The average Bonchev–Trinajstić information content (AvgIpc) is 3.26. The Hall–Kier alpha value is -3.95. The number of nitrogens with one attached hydrogen (secondary N) is 1. The van der Waals surface area contributed by atoms with Crippen molar-refractivity contribution >= 4 is 17.3 Å². The number of phenolic OH excluding ortho intramolecular Hbond substituents is 2. The van der Waals surface area contributed by atoms with E-state index in [2.05, 4.69) is 15.4 Å². The van der Waals surface area contributed by atoms with E-state index in [1.807, 2.05) is 0 Å². The largest absolute Gasteiger partial charge is 0.507 e. The lowest BCUT2D eigenvalue weighted by atomic mass is 9.70. The molecule has 3 N–H and O–H groups in total. The van der Waals surface area contributed by atoms with Crippen LogP contribution < -0.4 is 10.1 Å². The second-order valence-electron chi connectivity index (χ2n) is 8.07. The molecule has 10 nitrogen and oxygen atoms in total. The molecule has 0 radical (unpaired) electrons. The molecular weight excluding hydrogens is 416 g/mol. The molecule has 0 saturated heterocycles. The molecule has 0 bridgehead atoms. The van der Waals surface area contributed by atoms with E-state index in [-0.39, 0.29) is 46.1 Å². The van der Waals surface area contributed by atoms with E-state index in [1.165, 1.54) is 37.9 Å². The highest BCUT2D eigenvalue weighted by Gasteiger charge is 2.56. The molecule has 1 aliphatic carbocycles. The summed E-state index contributed by atoms with van der Waals surface area (Å²) in [6.07, 6.45) is 2.71. The number of ether oxygens (including phenoxy) is 1. The first kappa shape index (κ1) is 21.3. The molecule has 166 valence electrons. The number of allylic oxidation sites excluding steroid dienone is 4. The molecule has 4 rings (SSSR count). The van der Waals surface area contributed by atoms with Gasteiger partial charge in [-0.05, 0) is 27.7 Å². The SMILES string of the molecule is CC(=O)c1c(O)c(C)c(O)c2c1OC1=CC(=O)/C(=C(/C)NCc3ncn(C)n3)C(=O)[C@@]12C. The topological polar surface area (TPSA) is 144 Å². The number of carbonyl (C=O) groups excluding carboxylic acids is 3. The number of hydrogen-bond acceptors (Lipinski definition) is 9. The average molecular weight is 438 g/mol. The quantitative estimate of drug-likeness (QED) is 0.367. The first-order valence-electron chi connectivity index (χ1n) is 9.86. The van der Waals surface area contributed by atoms with Crippen LogP contribution >= 0.6 is 0 Å². The molecule has 2 aliphatic rings. The Morgan fingerprint density at radius 2 is 1.94 bits per heavy atom. The fraction of sp³-hybridized carbons (Fsp3) is 0.318. The number of carbonyl (C=O) groups is 3. The summed E-state index contributed by atoms with van der Waals surface area (Å²) in [5.74, 6) is -2.09. The molecule has 2 heterocycles. The van der Waals surface area contributed by atoms with Gasteiger partial charge in [0.25, 0.3) is 0 Å². The van der Waals surface area contributed by atoms with Crippen LogP contribution in [-0.4, -0.2) is 42.3 Å². The Morgan fingerprint density at radius 3 is 2.53 bits per heavy atom. The monoisotopic (exact) mass is 438 g/mol. The van der Waals surface area contributed by atoms with Crippen LogP contribution in [0.3, 0.4) is 0 Å². The van der Waals surface area contributed by atoms with Gasteiger partial charge in [0.2, 0.25) is 0 Å². The van der Waals surface area contributed by atoms with Crippen LogP contribution in [0.4, 0.5) is 0 Å². The zero-order chi connectivity index (χ0) is 23.5. The summed E-state index contributed by atoms with van der Waals surface area (Å²) in [5, 5.41) is 28.4. The van der Waals surface area contributed by atoms with Crippen molar-refractivity contribution in [1.82, 2.24) is 20.1 Å². The zero-order valence-electron chi connectivity index (χ0n) is 18.2. The number of phenols is 2. The minimum Gasteiger partial charge on any atom is -0.507 e. The Kier molecular flexibility index (Phi) is 4.69. The predicted molar refractivity (Wildman–Crippen MR) is 111 cm³/mol. The third-order valence-electron chi connectivity index (χ3n) is 5.92. The summed E-state index contributed by atoms with van der Waals surface area (Å²) in [5.41, 5.74) is -1.37. The molecule has 2 aromatic rings. The zero-order valence-corrected chi connectivity index (χ0v) is 18.2. The molecule has 1 aromatic carbocycles. The highest BCUT2D eigenvalue weighted by Crippen LogP contribution is 2.57. The number of ketones is 3. The molecule has 32 heavy (non-hydrogen) atoms. The Labute approximate surface area is 183 Å². The lowest BCUT2D eigenvalue weighted by Crippen LogP contribution is -2.41. The van der Waals surface area contributed by atoms with Gasteiger partial charge < -0.3 is 20.3 Å². The van der Waals surface area contributed by atoms with E-state index in [1.54, 1.807) is 14.0 Å². The third-order valence-corrected chi connectivity index (χ3v) is 5.92. The van der Waals surface area contributed by atoms with Gasteiger partial charge >= 0.3 is 0 Å². The van der Waals surface area contributed by atoms with Gasteiger partial charge in [-0.15, -0.1) is 0 Å². The first-order valence-corrected chi connectivity index (χ1v) is 9.86. The van der Waals surface area contributed by atoms with Crippen LogP contribution in [0.5, 0.6) is 17.2 Å². The van der Waals surface area contributed by atoms with Gasteiger partial charge in [-0.25, -0.2) is 4.98 Å². The fourth-order valence-electron chi connectivity index (χ4n) is 4.13. The Balaban J connectivity index is 1.84. The molecule has 1 atom stereocenters. The summed E-state index contributed by atoms with van der Waals surface area (Å²) in [4.78, 5) is 42.8. The van der Waals surface area contributed by atoms with E-state index in [4.69, 9.17) is 4.74 Å². The van der Waals surface area contributed by atoms with Gasteiger partial charge in [-0.2, -0.15) is 5.10 Å². The Morgan fingerprint density at radius 1 is 1.25 bits per heavy atom. The van der Waals surface area contributed by atoms with Crippen LogP contribution in [0.2, 0.25) is 0 Å². The van der Waals surface area contributed by atoms with Crippen LogP contribution in [0.15, 0.2) is 29.4 Å². The molecule has 0 fully saturated rings. The number of nitrogens with zero attached hydrogens (tertiary/aromatic N) is 3. The van der Waals surface area contributed by atoms with Crippen molar-refractivity contribution in [2.75, 3.05) is 0 Å². The van der Waals surface area contributed by atoms with E-state index in [9.17, 15) is 24.6 Å². The summed E-state index contributed by atoms with van der Waals surface area (Å²) in [7, 11) is 1.72. The molecule has 1 aromatic heterocycles. The number of fused-ring (bicyclic) bond motifs is 3. The van der Waals surface area contributed by atoms with E-state index in [0.29, 0.717) is 11.5 Å². The van der Waals surface area contributed by atoms with Gasteiger partial charge in [0.1, 0.15) is 40.3 Å². The maximum atomic E-state index is 13.7. The number of Topliss-reactive ketones (excluding diaryl/α,β-unsaturated/α-hetero) is 2. The second-order valence-corrected chi connectivity index (χ2v) is 8.07. The van der Waals surface area contributed by atoms with Crippen molar-refractivity contribution in [2.24, 2.45) is 7.05 Å². The smallest absolute Gasteiger partial charge is 0.194 e. The normalized spacial score (nSPS) is 21.0. The number of aromatic nitrogens is 3. The fourth-order valence-corrected chi connectivity index (χ4v) is 4.13. The summed E-state index contributed by atoms with van der Waals surface area (Å²) >= 11 is 0. The minimum atomic E-state index is -1.54. The van der Waals surface area contributed by atoms with Crippen molar-refractivity contribution in [3.8, 4) is 17.2 Å². The first-order chi connectivity index (χ1) is 15.0. The summed E-state index contributed by atoms with van der Waals surface area (Å²) in [6, 6.07) is 0. The number of benzene rings is 1. The molecule has 0 amide bonds. The van der Waals surface area contributed by atoms with Crippen molar-refractivity contribution in [2.45, 2.75) is 39.7 Å². The third kappa shape index (κ3) is 2.83. The molecule has 0 spiro atoms. The maximum absolute atomic E-state index is 13.7. The number of rotatable bonds is 4. The highest BCUT2D eigenvalue weighted by molar-refractivity contribution is 6.31. The predicted octanol–water partition coefficient (Wildman–Crippen LogP) is 1.49. The van der Waals surface area contributed by atoms with E-state index >= 15 is 0 Å². The summed E-state index contributed by atoms with van der Waals surface area (Å²) in [6.45, 7) is 5.99. The lowest BCUT2D eigenvalue weighted by molar-refractivity contribution is -0.123. The van der Waals surface area contributed by atoms with Crippen LogP contribution in [0.25, 0.3) is 0 Å². The van der Waals surface area contributed by atoms with Crippen LogP contribution in [-0.2, 0) is 28.6 Å². The van der Waals surface area contributed by atoms with E-state index in [0.717, 1.165) is 0 Å². The molecule has 1 aliphatic heterocycles. The Bertz CT molecular complexity index is 1290. The lowest BCUT2D eigenvalue weighted by Gasteiger charge is -2.29. The van der Waals surface area contributed by atoms with Gasteiger partial charge in [0.05, 0.1) is 17.7 Å². The van der Waals surface area contributed by atoms with Crippen molar-refractivity contribution in [3.05, 3.63) is 51.9 Å². The van der Waals surface area contributed by atoms with Crippen LogP contribution in [0, 0.1) is 6.92 Å². The van der Waals surface area contributed by atoms with Gasteiger partial charge in [-0.1, -0.05) is 0 Å². The van der Waals surface area contributed by atoms with Gasteiger partial charge in [0.15, 0.2) is 23.2 Å². The second kappa shape index (κ2) is 7.04. The molecule has 10 heteroatoms. The van der Waals surface area contributed by atoms with Crippen molar-refractivity contribution in [3.63, 3.8) is 0 Å². The van der Waals surface area contributed by atoms with Crippen molar-refractivity contribution in [1.29, 1.82) is 0 Å². The molecule has 0 unspecified atom stereocenters. The number of aryl methyl sites for hydroxylation is 1. The molecular formula is C22H22N4O6. The minimum absolute atomic E-state index is 0.00626. The molecule has 0 saturated carbocycles. The number of aromatic hydroxyl groups is 2. The highest BCUT2D eigenvalue weighted by atomic mass is 16.5. The standard InChI is InChI=1S/C22H22N4O6/c1-9-18(29)16(11(3)27)20-17(19(9)30)22(4)13(32-20)6-12(28)15(21(22)31)10(2)23-7-14-24-8-26(5)25-14/h6,8,23,29-30H,7H2,1-5H3/b15-10+/t22-/m0/s1. The van der Waals surface area contributed by atoms with Gasteiger partial charge in [-0.3, -0.25) is 19.1 Å². The van der Waals surface area contributed by atoms with Gasteiger partial charge in [0, 0.05) is 24.4 Å². The maximum Gasteiger partial charge on any atom is 0.194 e.